The summed E-state index contributed by atoms with van der Waals surface area (Å²) in [5, 5.41) is 11.2. The first-order valence-electron chi connectivity index (χ1n) is 5.87. The number of hydrogen-bond donors (Lipinski definition) is 2. The molecule has 0 atom stereocenters. The molecule has 1 aromatic carbocycles. The minimum absolute atomic E-state index is 0.146. The van der Waals surface area contributed by atoms with Gasteiger partial charge >= 0.3 is 0 Å². The lowest BCUT2D eigenvalue weighted by Crippen LogP contribution is -2.25. The maximum Gasteiger partial charge on any atom is 0.251 e. The molecule has 3 N–H and O–H groups in total. The van der Waals surface area contributed by atoms with E-state index in [1.807, 2.05) is 11.8 Å². The Kier molecular flexibility index (Phi) is 5.00. The monoisotopic (exact) mass is 246 g/mol. The molecule has 0 saturated carbocycles. The summed E-state index contributed by atoms with van der Waals surface area (Å²) in [4.78, 5) is 13.6. The van der Waals surface area contributed by atoms with Crippen LogP contribution < -0.4 is 16.0 Å². The molecule has 0 spiro atoms. The lowest BCUT2D eigenvalue weighted by atomic mass is 10.1. The van der Waals surface area contributed by atoms with Crippen LogP contribution in [-0.2, 0) is 0 Å². The molecule has 0 fully saturated rings. The summed E-state index contributed by atoms with van der Waals surface area (Å²) in [6.07, 6.45) is 0.428. The molecule has 18 heavy (non-hydrogen) atoms. The van der Waals surface area contributed by atoms with Crippen molar-refractivity contribution in [1.82, 2.24) is 5.32 Å². The molecule has 5 nitrogen and oxygen atoms in total. The Morgan fingerprint density at radius 1 is 1.56 bits per heavy atom. The molecule has 1 aromatic rings. The van der Waals surface area contributed by atoms with E-state index in [1.165, 1.54) is 0 Å². The van der Waals surface area contributed by atoms with Gasteiger partial charge in [-0.1, -0.05) is 0 Å². The van der Waals surface area contributed by atoms with Gasteiger partial charge in [0.15, 0.2) is 0 Å². The van der Waals surface area contributed by atoms with Crippen molar-refractivity contribution in [2.24, 2.45) is 0 Å². The van der Waals surface area contributed by atoms with Crippen molar-refractivity contribution in [3.05, 3.63) is 23.8 Å². The summed E-state index contributed by atoms with van der Waals surface area (Å²) >= 11 is 0. The van der Waals surface area contributed by atoms with E-state index in [0.717, 1.165) is 12.2 Å². The molecule has 0 radical (unpaired) electrons. The van der Waals surface area contributed by atoms with Gasteiger partial charge in [0, 0.05) is 25.7 Å². The fourth-order valence-corrected chi connectivity index (χ4v) is 1.74. The molecule has 0 aromatic heterocycles. The third-order valence-electron chi connectivity index (χ3n) is 2.74. The number of hydrogen-bond acceptors (Lipinski definition) is 4. The maximum absolute atomic E-state index is 11.6. The highest BCUT2D eigenvalue weighted by Crippen LogP contribution is 2.24. The summed E-state index contributed by atoms with van der Waals surface area (Å²) < 4.78 is 0. The molecule has 1 amide bonds. The lowest BCUT2D eigenvalue weighted by molar-refractivity contribution is 0.0963. The molecular weight excluding hydrogens is 228 g/mol. The van der Waals surface area contributed by atoms with Crippen molar-refractivity contribution in [2.75, 3.05) is 30.8 Å². The standard InChI is InChI=1S/C13H18N4O/c1-3-17(8-4-7-14)12-9-10(13(18)16-2)5-6-11(12)15/h5-6,9H,3-4,8,15H2,1-2H3,(H,16,18). The zero-order chi connectivity index (χ0) is 13.5. The van der Waals surface area contributed by atoms with Crippen LogP contribution in [0.4, 0.5) is 11.4 Å². The number of nitrogen functional groups attached to an aromatic ring is 1. The Bertz CT molecular complexity index is 465. The highest BCUT2D eigenvalue weighted by atomic mass is 16.1. The molecule has 5 heteroatoms. The van der Waals surface area contributed by atoms with Crippen molar-refractivity contribution < 1.29 is 4.79 Å². The molecule has 0 heterocycles. The van der Waals surface area contributed by atoms with Crippen molar-refractivity contribution in [3.63, 3.8) is 0 Å². The Hall–Kier alpha value is -2.22. The largest absolute Gasteiger partial charge is 0.397 e. The van der Waals surface area contributed by atoms with Gasteiger partial charge in [-0.25, -0.2) is 0 Å². The normalized spacial score (nSPS) is 9.61. The average molecular weight is 246 g/mol. The summed E-state index contributed by atoms with van der Waals surface area (Å²) in [5.74, 6) is -0.146. The zero-order valence-electron chi connectivity index (χ0n) is 10.7. The number of nitriles is 1. The summed E-state index contributed by atoms with van der Waals surface area (Å²) in [5.41, 5.74) is 7.90. The van der Waals surface area contributed by atoms with Gasteiger partial charge in [0.1, 0.15) is 0 Å². The number of nitrogens with one attached hydrogen (secondary N) is 1. The number of carbonyl (C=O) groups is 1. The van der Waals surface area contributed by atoms with E-state index in [-0.39, 0.29) is 5.91 Å². The van der Waals surface area contributed by atoms with Gasteiger partial charge in [0.05, 0.1) is 23.9 Å². The van der Waals surface area contributed by atoms with E-state index >= 15 is 0 Å². The number of nitrogens with zero attached hydrogens (tertiary/aromatic N) is 2. The summed E-state index contributed by atoms with van der Waals surface area (Å²) in [6, 6.07) is 7.27. The van der Waals surface area contributed by atoms with Crippen LogP contribution in [-0.4, -0.2) is 26.0 Å². The molecule has 0 saturated heterocycles. The molecular formula is C13H18N4O. The molecule has 0 unspecified atom stereocenters. The third kappa shape index (κ3) is 3.14. The highest BCUT2D eigenvalue weighted by Gasteiger charge is 2.11. The van der Waals surface area contributed by atoms with E-state index in [0.29, 0.717) is 24.2 Å². The van der Waals surface area contributed by atoms with Gasteiger partial charge in [-0.3, -0.25) is 4.79 Å². The van der Waals surface area contributed by atoms with Crippen LogP contribution >= 0.6 is 0 Å². The Labute approximate surface area is 107 Å². The summed E-state index contributed by atoms with van der Waals surface area (Å²) in [7, 11) is 1.59. The average Bonchev–Trinajstić information content (AvgIpc) is 2.40. The maximum atomic E-state index is 11.6. The fourth-order valence-electron chi connectivity index (χ4n) is 1.74. The van der Waals surface area contributed by atoms with Gasteiger partial charge in [-0.15, -0.1) is 0 Å². The quantitative estimate of drug-likeness (QED) is 0.769. The van der Waals surface area contributed by atoms with Gasteiger partial charge < -0.3 is 16.0 Å². The van der Waals surface area contributed by atoms with Crippen molar-refractivity contribution in [2.45, 2.75) is 13.3 Å². The molecule has 0 aliphatic carbocycles. The molecule has 0 aliphatic heterocycles. The smallest absolute Gasteiger partial charge is 0.251 e. The molecule has 0 aliphatic rings. The second kappa shape index (κ2) is 6.50. The Balaban J connectivity index is 3.05. The number of amides is 1. The van der Waals surface area contributed by atoms with Gasteiger partial charge in [-0.2, -0.15) is 5.26 Å². The molecule has 1 rings (SSSR count). The van der Waals surface area contributed by atoms with Crippen LogP contribution in [0.15, 0.2) is 18.2 Å². The van der Waals surface area contributed by atoms with Crippen LogP contribution in [0, 0.1) is 11.3 Å². The van der Waals surface area contributed by atoms with E-state index in [4.69, 9.17) is 11.0 Å². The van der Waals surface area contributed by atoms with E-state index in [1.54, 1.807) is 25.2 Å². The molecule has 96 valence electrons. The van der Waals surface area contributed by atoms with Crippen LogP contribution in [0.3, 0.4) is 0 Å². The van der Waals surface area contributed by atoms with Gasteiger partial charge in [-0.05, 0) is 25.1 Å². The Morgan fingerprint density at radius 3 is 2.83 bits per heavy atom. The van der Waals surface area contributed by atoms with E-state index in [2.05, 4.69) is 11.4 Å². The number of carbonyl (C=O) groups excluding carboxylic acids is 1. The summed E-state index contributed by atoms with van der Waals surface area (Å²) in [6.45, 7) is 3.33. The number of nitrogens with two attached hydrogens (primary N) is 1. The highest BCUT2D eigenvalue weighted by molar-refractivity contribution is 5.96. The number of rotatable bonds is 5. The van der Waals surface area contributed by atoms with Crippen molar-refractivity contribution in [1.29, 1.82) is 5.26 Å². The first-order chi connectivity index (χ1) is 8.63. The predicted molar refractivity (Wildman–Crippen MR) is 72.4 cm³/mol. The van der Waals surface area contributed by atoms with E-state index < -0.39 is 0 Å². The minimum Gasteiger partial charge on any atom is -0.397 e. The van der Waals surface area contributed by atoms with E-state index in [9.17, 15) is 4.79 Å². The minimum atomic E-state index is -0.146. The third-order valence-corrected chi connectivity index (χ3v) is 2.74. The number of anilines is 2. The second-order valence-electron chi connectivity index (χ2n) is 3.84. The Morgan fingerprint density at radius 2 is 2.28 bits per heavy atom. The first-order valence-corrected chi connectivity index (χ1v) is 5.87. The lowest BCUT2D eigenvalue weighted by Gasteiger charge is -2.24. The van der Waals surface area contributed by atoms with Crippen LogP contribution in [0.5, 0.6) is 0 Å². The SMILES string of the molecule is CCN(CCC#N)c1cc(C(=O)NC)ccc1N. The van der Waals surface area contributed by atoms with Gasteiger partial charge in [0.2, 0.25) is 0 Å². The van der Waals surface area contributed by atoms with Crippen molar-refractivity contribution >= 4 is 17.3 Å². The predicted octanol–water partition coefficient (Wildman–Crippen LogP) is 1.37. The van der Waals surface area contributed by atoms with Crippen LogP contribution in [0.2, 0.25) is 0 Å². The zero-order valence-corrected chi connectivity index (χ0v) is 10.7. The number of benzene rings is 1. The van der Waals surface area contributed by atoms with Crippen LogP contribution in [0.1, 0.15) is 23.7 Å². The van der Waals surface area contributed by atoms with Crippen molar-refractivity contribution in [3.8, 4) is 6.07 Å². The topological polar surface area (TPSA) is 82.2 Å². The fraction of sp³-hybridized carbons (Fsp3) is 0.385. The van der Waals surface area contributed by atoms with Gasteiger partial charge in [0.25, 0.3) is 5.91 Å². The van der Waals surface area contributed by atoms with Crippen LogP contribution in [0.25, 0.3) is 0 Å². The first kappa shape index (κ1) is 13.8. The second-order valence-corrected chi connectivity index (χ2v) is 3.84. The molecule has 0 bridgehead atoms.